The molecule has 1 unspecified atom stereocenters. The third-order valence-electron chi connectivity index (χ3n) is 4.03. The van der Waals surface area contributed by atoms with Gasteiger partial charge in [-0.2, -0.15) is 0 Å². The van der Waals surface area contributed by atoms with Crippen LogP contribution >= 0.6 is 12.2 Å². The molecule has 0 saturated carbocycles. The maximum absolute atomic E-state index is 12.1. The summed E-state index contributed by atoms with van der Waals surface area (Å²) in [6, 6.07) is 7.48. The zero-order valence-electron chi connectivity index (χ0n) is 13.4. The largest absolute Gasteiger partial charge is 0.494 e. The molecule has 1 aromatic carbocycles. The van der Waals surface area contributed by atoms with E-state index < -0.39 is 5.56 Å². The SMILES string of the molecule is Cc1ccccc1-n1c(O)c(C=NCC2CCCO2)c(=O)[nH]c1=S. The van der Waals surface area contributed by atoms with Gasteiger partial charge >= 0.3 is 0 Å². The molecule has 2 heterocycles. The van der Waals surface area contributed by atoms with E-state index in [1.165, 1.54) is 10.8 Å². The number of ether oxygens (including phenoxy) is 1. The van der Waals surface area contributed by atoms with Crippen LogP contribution < -0.4 is 5.56 Å². The van der Waals surface area contributed by atoms with Crippen LogP contribution in [0.2, 0.25) is 0 Å². The molecular formula is C17H19N3O3S. The second-order valence-corrected chi connectivity index (χ2v) is 6.13. The summed E-state index contributed by atoms with van der Waals surface area (Å²) >= 11 is 5.21. The summed E-state index contributed by atoms with van der Waals surface area (Å²) in [5.74, 6) is -0.214. The normalized spacial score (nSPS) is 17.6. The minimum Gasteiger partial charge on any atom is -0.494 e. The van der Waals surface area contributed by atoms with Crippen LogP contribution in [0.5, 0.6) is 5.88 Å². The zero-order chi connectivity index (χ0) is 17.1. The van der Waals surface area contributed by atoms with Crippen molar-refractivity contribution < 1.29 is 9.84 Å². The van der Waals surface area contributed by atoms with E-state index in [2.05, 4.69) is 9.98 Å². The van der Waals surface area contributed by atoms with Crippen LogP contribution in [0.1, 0.15) is 24.0 Å². The summed E-state index contributed by atoms with van der Waals surface area (Å²) in [5, 5.41) is 10.6. The minimum absolute atomic E-state index is 0.0872. The van der Waals surface area contributed by atoms with Crippen LogP contribution in [0.25, 0.3) is 5.69 Å². The maximum atomic E-state index is 12.1. The average Bonchev–Trinajstić information content (AvgIpc) is 3.05. The Morgan fingerprint density at radius 1 is 1.50 bits per heavy atom. The quantitative estimate of drug-likeness (QED) is 0.659. The summed E-state index contributed by atoms with van der Waals surface area (Å²) < 4.78 is 7.08. The molecule has 7 heteroatoms. The smallest absolute Gasteiger partial charge is 0.264 e. The van der Waals surface area contributed by atoms with Crippen LogP contribution in [0.3, 0.4) is 0 Å². The molecular weight excluding hydrogens is 326 g/mol. The molecule has 2 N–H and O–H groups in total. The summed E-state index contributed by atoms with van der Waals surface area (Å²) in [7, 11) is 0. The van der Waals surface area contributed by atoms with Gasteiger partial charge in [0.2, 0.25) is 5.88 Å². The minimum atomic E-state index is -0.460. The van der Waals surface area contributed by atoms with Gasteiger partial charge in [-0.1, -0.05) is 18.2 Å². The fourth-order valence-corrected chi connectivity index (χ4v) is 3.02. The third-order valence-corrected chi connectivity index (χ3v) is 4.32. The number of aromatic amines is 1. The Kier molecular flexibility index (Phi) is 4.92. The van der Waals surface area contributed by atoms with Gasteiger partial charge in [-0.05, 0) is 43.6 Å². The van der Waals surface area contributed by atoms with E-state index in [1.54, 1.807) is 0 Å². The summed E-state index contributed by atoms with van der Waals surface area (Å²) in [6.45, 7) is 3.13. The van der Waals surface area contributed by atoms with Gasteiger partial charge in [0.15, 0.2) is 4.77 Å². The van der Waals surface area contributed by atoms with E-state index >= 15 is 0 Å². The number of H-pyrrole nitrogens is 1. The number of rotatable bonds is 4. The first-order chi connectivity index (χ1) is 11.6. The zero-order valence-corrected chi connectivity index (χ0v) is 14.2. The Morgan fingerprint density at radius 3 is 3.00 bits per heavy atom. The first-order valence-electron chi connectivity index (χ1n) is 7.83. The van der Waals surface area contributed by atoms with E-state index in [0.29, 0.717) is 12.2 Å². The number of hydrogen-bond donors (Lipinski definition) is 2. The van der Waals surface area contributed by atoms with Gasteiger partial charge in [0.25, 0.3) is 5.56 Å². The molecule has 126 valence electrons. The van der Waals surface area contributed by atoms with Gasteiger partial charge in [0.05, 0.1) is 18.3 Å². The second kappa shape index (κ2) is 7.11. The van der Waals surface area contributed by atoms with Gasteiger partial charge in [-0.15, -0.1) is 0 Å². The monoisotopic (exact) mass is 345 g/mol. The number of hydrogen-bond acceptors (Lipinski definition) is 5. The van der Waals surface area contributed by atoms with Gasteiger partial charge in [0.1, 0.15) is 5.56 Å². The number of benzene rings is 1. The van der Waals surface area contributed by atoms with Crippen molar-refractivity contribution >= 4 is 18.4 Å². The predicted octanol–water partition coefficient (Wildman–Crippen LogP) is 2.51. The highest BCUT2D eigenvalue weighted by Crippen LogP contribution is 2.21. The molecule has 0 radical (unpaired) electrons. The Bertz CT molecular complexity index is 879. The summed E-state index contributed by atoms with van der Waals surface area (Å²) in [6.07, 6.45) is 3.47. The van der Waals surface area contributed by atoms with Crippen molar-refractivity contribution in [2.45, 2.75) is 25.9 Å². The highest BCUT2D eigenvalue weighted by Gasteiger charge is 2.16. The van der Waals surface area contributed by atoms with Crippen molar-refractivity contribution in [2.75, 3.05) is 13.2 Å². The van der Waals surface area contributed by atoms with Crippen LogP contribution in [0, 0.1) is 11.7 Å². The third kappa shape index (κ3) is 3.32. The second-order valence-electron chi connectivity index (χ2n) is 5.75. The molecule has 0 spiro atoms. The number of para-hydroxylation sites is 1. The molecule has 0 amide bonds. The predicted molar refractivity (Wildman–Crippen MR) is 95.1 cm³/mol. The lowest BCUT2D eigenvalue weighted by molar-refractivity contribution is 0.118. The van der Waals surface area contributed by atoms with Crippen LogP contribution in [0.4, 0.5) is 0 Å². The van der Waals surface area contributed by atoms with Crippen molar-refractivity contribution in [1.29, 1.82) is 0 Å². The first-order valence-corrected chi connectivity index (χ1v) is 8.24. The molecule has 24 heavy (non-hydrogen) atoms. The Labute approximate surface area is 144 Å². The number of nitrogens with zero attached hydrogens (tertiary/aromatic N) is 2. The number of aromatic nitrogens is 2. The van der Waals surface area contributed by atoms with E-state index in [4.69, 9.17) is 17.0 Å². The fraction of sp³-hybridized carbons (Fsp3) is 0.353. The molecule has 0 aliphatic carbocycles. The standard InChI is InChI=1S/C17H19N3O3S/c1-11-5-2-3-7-14(11)20-16(22)13(15(21)19-17(20)24)10-18-9-12-6-4-8-23-12/h2-3,5,7,10,12,22H,4,6,8-9H2,1H3,(H,19,21,24). The lowest BCUT2D eigenvalue weighted by atomic mass is 10.2. The Hall–Kier alpha value is -2.25. The average molecular weight is 345 g/mol. The van der Waals surface area contributed by atoms with Crippen molar-refractivity contribution in [2.24, 2.45) is 4.99 Å². The molecule has 1 aromatic heterocycles. The molecule has 0 bridgehead atoms. The lowest BCUT2D eigenvalue weighted by Crippen LogP contribution is -2.19. The summed E-state index contributed by atoms with van der Waals surface area (Å²) in [4.78, 5) is 19.0. The molecule has 1 saturated heterocycles. The fourth-order valence-electron chi connectivity index (χ4n) is 2.74. The molecule has 2 aromatic rings. The molecule has 1 aliphatic heterocycles. The Morgan fingerprint density at radius 2 is 2.29 bits per heavy atom. The molecule has 1 fully saturated rings. The highest BCUT2D eigenvalue weighted by atomic mass is 32.1. The van der Waals surface area contributed by atoms with Crippen molar-refractivity contribution in [3.63, 3.8) is 0 Å². The Balaban J connectivity index is 2.00. The van der Waals surface area contributed by atoms with Crippen LogP contribution in [0.15, 0.2) is 34.1 Å². The lowest BCUT2D eigenvalue weighted by Gasteiger charge is -2.13. The van der Waals surface area contributed by atoms with Crippen LogP contribution in [-0.2, 0) is 4.74 Å². The van der Waals surface area contributed by atoms with Gasteiger partial charge < -0.3 is 9.84 Å². The van der Waals surface area contributed by atoms with Crippen molar-refractivity contribution in [3.8, 4) is 11.6 Å². The number of aromatic hydroxyl groups is 1. The van der Waals surface area contributed by atoms with Crippen molar-refractivity contribution in [1.82, 2.24) is 9.55 Å². The maximum Gasteiger partial charge on any atom is 0.264 e. The van der Waals surface area contributed by atoms with E-state index in [0.717, 1.165) is 25.0 Å². The molecule has 3 rings (SSSR count). The highest BCUT2D eigenvalue weighted by molar-refractivity contribution is 7.71. The first kappa shape index (κ1) is 16.6. The van der Waals surface area contributed by atoms with E-state index in [1.807, 2.05) is 31.2 Å². The summed E-state index contributed by atoms with van der Waals surface area (Å²) in [5.41, 5.74) is 1.27. The number of aryl methyl sites for hydroxylation is 1. The van der Waals surface area contributed by atoms with Gasteiger partial charge in [-0.3, -0.25) is 19.3 Å². The van der Waals surface area contributed by atoms with Crippen molar-refractivity contribution in [3.05, 3.63) is 50.5 Å². The van der Waals surface area contributed by atoms with E-state index in [9.17, 15) is 9.90 Å². The van der Waals surface area contributed by atoms with Crippen LogP contribution in [-0.4, -0.2) is 40.1 Å². The molecule has 6 nitrogen and oxygen atoms in total. The molecule has 1 atom stereocenters. The number of nitrogens with one attached hydrogen (secondary N) is 1. The number of aliphatic imine (C=N–C) groups is 1. The topological polar surface area (TPSA) is 79.6 Å². The van der Waals surface area contributed by atoms with E-state index in [-0.39, 0.29) is 22.3 Å². The van der Waals surface area contributed by atoms with Gasteiger partial charge in [0, 0.05) is 12.8 Å². The van der Waals surface area contributed by atoms with Gasteiger partial charge in [-0.25, -0.2) is 0 Å². The molecule has 1 aliphatic rings.